The maximum atomic E-state index is 8.77. The first-order valence-electron chi connectivity index (χ1n) is 6.00. The molecular weight excluding hydrogens is 240 g/mol. The van der Waals surface area contributed by atoms with Gasteiger partial charge in [-0.15, -0.1) is 0 Å². The number of aliphatic hydroxyl groups is 1. The number of hydrogen-bond donors (Lipinski definition) is 3. The second-order valence-electron chi connectivity index (χ2n) is 3.93. The van der Waals surface area contributed by atoms with Gasteiger partial charge in [-0.05, 0) is 11.6 Å². The van der Waals surface area contributed by atoms with Crippen molar-refractivity contribution >= 4 is 23.9 Å². The summed E-state index contributed by atoms with van der Waals surface area (Å²) >= 11 is 0. The number of nitrogens with one attached hydrogen (secondary N) is 1. The molecule has 98 valence electrons. The molecule has 4 N–H and O–H groups in total. The smallest absolute Gasteiger partial charge is 0.222 e. The number of benzene rings is 1. The first-order valence-corrected chi connectivity index (χ1v) is 6.00. The van der Waals surface area contributed by atoms with Crippen molar-refractivity contribution in [2.45, 2.75) is 0 Å². The van der Waals surface area contributed by atoms with E-state index in [1.807, 2.05) is 42.5 Å². The molecule has 0 fully saturated rings. The molecule has 5 nitrogen and oxygen atoms in total. The number of rotatable bonds is 5. The van der Waals surface area contributed by atoms with Crippen LogP contribution >= 0.6 is 0 Å². The zero-order valence-electron chi connectivity index (χ0n) is 10.5. The summed E-state index contributed by atoms with van der Waals surface area (Å²) in [7, 11) is 0. The lowest BCUT2D eigenvalue weighted by Crippen LogP contribution is -2.09. The Morgan fingerprint density at radius 1 is 1.16 bits per heavy atom. The van der Waals surface area contributed by atoms with E-state index in [1.54, 1.807) is 6.07 Å². The second-order valence-corrected chi connectivity index (χ2v) is 3.93. The minimum absolute atomic E-state index is 0.0408. The van der Waals surface area contributed by atoms with Crippen LogP contribution in [0.15, 0.2) is 36.4 Å². The van der Waals surface area contributed by atoms with Gasteiger partial charge in [-0.3, -0.25) is 0 Å². The van der Waals surface area contributed by atoms with Gasteiger partial charge in [0.25, 0.3) is 0 Å². The second kappa shape index (κ2) is 6.51. The van der Waals surface area contributed by atoms with Crippen molar-refractivity contribution in [2.75, 3.05) is 24.2 Å². The maximum absolute atomic E-state index is 8.77. The summed E-state index contributed by atoms with van der Waals surface area (Å²) in [6, 6.07) is 11.7. The third-order valence-corrected chi connectivity index (χ3v) is 2.43. The largest absolute Gasteiger partial charge is 0.395 e. The highest BCUT2D eigenvalue weighted by Gasteiger charge is 1.99. The van der Waals surface area contributed by atoms with Crippen molar-refractivity contribution < 1.29 is 5.11 Å². The number of nitrogens with two attached hydrogens (primary N) is 1. The van der Waals surface area contributed by atoms with Gasteiger partial charge < -0.3 is 16.2 Å². The average Bonchev–Trinajstić information content (AvgIpc) is 2.43. The van der Waals surface area contributed by atoms with Gasteiger partial charge >= 0.3 is 0 Å². The summed E-state index contributed by atoms with van der Waals surface area (Å²) in [6.45, 7) is 0.470. The van der Waals surface area contributed by atoms with Crippen LogP contribution in [0.2, 0.25) is 0 Å². The number of nitrogens with zero attached hydrogens (tertiary/aromatic N) is 2. The first kappa shape index (κ1) is 13.0. The van der Waals surface area contributed by atoms with Gasteiger partial charge in [-0.1, -0.05) is 36.4 Å². The molecule has 19 heavy (non-hydrogen) atoms. The van der Waals surface area contributed by atoms with Gasteiger partial charge in [0.2, 0.25) is 5.95 Å². The first-order chi connectivity index (χ1) is 9.28. The molecule has 0 radical (unpaired) electrons. The Morgan fingerprint density at radius 3 is 2.68 bits per heavy atom. The number of nitrogen functional groups attached to an aromatic ring is 1. The van der Waals surface area contributed by atoms with E-state index in [2.05, 4.69) is 15.3 Å². The van der Waals surface area contributed by atoms with Crippen LogP contribution in [0.5, 0.6) is 0 Å². The van der Waals surface area contributed by atoms with Crippen molar-refractivity contribution in [3.8, 4) is 0 Å². The number of hydrogen-bond acceptors (Lipinski definition) is 5. The Labute approximate surface area is 111 Å². The summed E-state index contributed by atoms with van der Waals surface area (Å²) in [4.78, 5) is 8.17. The molecule has 0 bridgehead atoms. The normalized spacial score (nSPS) is 10.8. The fraction of sp³-hybridized carbons (Fsp3) is 0.143. The van der Waals surface area contributed by atoms with Crippen LogP contribution in [0, 0.1) is 0 Å². The van der Waals surface area contributed by atoms with Gasteiger partial charge in [0.05, 0.1) is 12.3 Å². The van der Waals surface area contributed by atoms with Crippen LogP contribution in [0.3, 0.4) is 0 Å². The fourth-order valence-corrected chi connectivity index (χ4v) is 1.59. The van der Waals surface area contributed by atoms with Crippen LogP contribution in [0.4, 0.5) is 11.8 Å². The molecular formula is C14H16N4O. The molecule has 0 atom stereocenters. The van der Waals surface area contributed by atoms with Gasteiger partial charge in [-0.2, -0.15) is 4.98 Å². The van der Waals surface area contributed by atoms with E-state index < -0.39 is 0 Å². The van der Waals surface area contributed by atoms with Crippen molar-refractivity contribution in [1.82, 2.24) is 9.97 Å². The Morgan fingerprint density at radius 2 is 1.95 bits per heavy atom. The van der Waals surface area contributed by atoms with E-state index in [4.69, 9.17) is 10.8 Å². The van der Waals surface area contributed by atoms with E-state index >= 15 is 0 Å². The van der Waals surface area contributed by atoms with Gasteiger partial charge in [0, 0.05) is 12.6 Å². The molecule has 0 unspecified atom stereocenters. The molecule has 2 rings (SSSR count). The molecule has 5 heteroatoms. The number of anilines is 2. The third-order valence-electron chi connectivity index (χ3n) is 2.43. The summed E-state index contributed by atoms with van der Waals surface area (Å²) < 4.78 is 0. The summed E-state index contributed by atoms with van der Waals surface area (Å²) in [5.41, 5.74) is 7.45. The van der Waals surface area contributed by atoms with E-state index in [9.17, 15) is 0 Å². The maximum Gasteiger partial charge on any atom is 0.222 e. The van der Waals surface area contributed by atoms with E-state index in [0.717, 1.165) is 11.3 Å². The molecule has 1 heterocycles. The van der Waals surface area contributed by atoms with E-state index in [0.29, 0.717) is 12.4 Å². The summed E-state index contributed by atoms with van der Waals surface area (Å²) in [6.07, 6.45) is 3.83. The minimum atomic E-state index is 0.0408. The summed E-state index contributed by atoms with van der Waals surface area (Å²) in [5.74, 6) is 0.810. The third kappa shape index (κ3) is 4.08. The van der Waals surface area contributed by atoms with Crippen LogP contribution in [-0.4, -0.2) is 28.2 Å². The molecule has 0 amide bonds. The zero-order valence-corrected chi connectivity index (χ0v) is 10.5. The Bertz CT molecular complexity index is 555. The van der Waals surface area contributed by atoms with Crippen LogP contribution in [0.25, 0.3) is 12.2 Å². The monoisotopic (exact) mass is 256 g/mol. The SMILES string of the molecule is Nc1nc(C=Cc2ccccc2)cc(NCCO)n1. The predicted molar refractivity (Wildman–Crippen MR) is 77.4 cm³/mol. The Hall–Kier alpha value is -2.40. The lowest BCUT2D eigenvalue weighted by molar-refractivity contribution is 0.311. The molecule has 1 aromatic heterocycles. The molecule has 0 aliphatic carbocycles. The highest BCUT2D eigenvalue weighted by molar-refractivity contribution is 5.69. The van der Waals surface area contributed by atoms with Gasteiger partial charge in [0.1, 0.15) is 5.82 Å². The quantitative estimate of drug-likeness (QED) is 0.757. The minimum Gasteiger partial charge on any atom is -0.395 e. The average molecular weight is 256 g/mol. The molecule has 0 spiro atoms. The highest BCUT2D eigenvalue weighted by atomic mass is 16.3. The molecule has 0 saturated carbocycles. The summed E-state index contributed by atoms with van der Waals surface area (Å²) in [5, 5.41) is 11.7. The van der Waals surface area contributed by atoms with E-state index in [-0.39, 0.29) is 12.6 Å². The predicted octanol–water partition coefficient (Wildman–Crippen LogP) is 1.63. The molecule has 1 aromatic carbocycles. The standard InChI is InChI=1S/C14H16N4O/c15-14-17-12(10-13(18-14)16-8-9-19)7-6-11-4-2-1-3-5-11/h1-7,10,19H,8-9H2,(H3,15,16,17,18). The molecule has 0 saturated heterocycles. The topological polar surface area (TPSA) is 84.1 Å². The highest BCUT2D eigenvalue weighted by Crippen LogP contribution is 2.11. The van der Waals surface area contributed by atoms with Crippen LogP contribution in [0.1, 0.15) is 11.3 Å². The van der Waals surface area contributed by atoms with Gasteiger partial charge in [-0.25, -0.2) is 4.98 Å². The fourth-order valence-electron chi connectivity index (χ4n) is 1.59. The van der Waals surface area contributed by atoms with E-state index in [1.165, 1.54) is 0 Å². The molecule has 0 aliphatic heterocycles. The van der Waals surface area contributed by atoms with Crippen molar-refractivity contribution in [2.24, 2.45) is 0 Å². The van der Waals surface area contributed by atoms with Crippen molar-refractivity contribution in [3.63, 3.8) is 0 Å². The Kier molecular flexibility index (Phi) is 4.47. The lowest BCUT2D eigenvalue weighted by Gasteiger charge is -2.05. The van der Waals surface area contributed by atoms with Crippen LogP contribution in [-0.2, 0) is 0 Å². The van der Waals surface area contributed by atoms with Crippen molar-refractivity contribution in [3.05, 3.63) is 47.7 Å². The van der Waals surface area contributed by atoms with Crippen molar-refractivity contribution in [1.29, 1.82) is 0 Å². The molecule has 0 aliphatic rings. The number of aromatic nitrogens is 2. The zero-order chi connectivity index (χ0) is 13.5. The molecule has 2 aromatic rings. The lowest BCUT2D eigenvalue weighted by atomic mass is 10.2. The van der Waals surface area contributed by atoms with Gasteiger partial charge in [0.15, 0.2) is 0 Å². The number of aliphatic hydroxyl groups excluding tert-OH is 1. The Balaban J connectivity index is 2.15. The van der Waals surface area contributed by atoms with Crippen LogP contribution < -0.4 is 11.1 Å².